The number of nitrogens with zero attached hydrogens (tertiary/aromatic N) is 5. The number of carbonyl (C=O) groups excluding carboxylic acids is 1. The van der Waals surface area contributed by atoms with Crippen molar-refractivity contribution in [3.63, 3.8) is 0 Å². The first-order valence-corrected chi connectivity index (χ1v) is 15.3. The molecule has 2 saturated heterocycles. The molecule has 5 rings (SSSR count). The third-order valence-electron chi connectivity index (χ3n) is 8.82. The SMILES string of the molecule is N[C@H](Cc1cnc[nH]1)C(=O)NCCC1C(Nc2nccc(N3CCCCCC3)n2)CCCN1C1CCCCC1. The van der Waals surface area contributed by atoms with Gasteiger partial charge in [0.1, 0.15) is 5.82 Å². The fourth-order valence-corrected chi connectivity index (χ4v) is 6.75. The Morgan fingerprint density at radius 3 is 2.62 bits per heavy atom. The molecule has 1 amide bonds. The Morgan fingerprint density at radius 2 is 1.85 bits per heavy atom. The smallest absolute Gasteiger partial charge is 0.237 e. The van der Waals surface area contributed by atoms with Crippen molar-refractivity contribution in [1.82, 2.24) is 30.2 Å². The number of hydrogen-bond donors (Lipinski definition) is 4. The van der Waals surface area contributed by atoms with Crippen LogP contribution in [0.25, 0.3) is 0 Å². The molecule has 39 heavy (non-hydrogen) atoms. The summed E-state index contributed by atoms with van der Waals surface area (Å²) in [7, 11) is 0. The van der Waals surface area contributed by atoms with Gasteiger partial charge in [-0.05, 0) is 57.6 Å². The van der Waals surface area contributed by atoms with Gasteiger partial charge < -0.3 is 26.3 Å². The van der Waals surface area contributed by atoms with E-state index in [1.165, 1.54) is 57.8 Å². The second kappa shape index (κ2) is 14.1. The van der Waals surface area contributed by atoms with Crippen molar-refractivity contribution in [2.45, 2.75) is 108 Å². The molecule has 0 radical (unpaired) electrons. The molecule has 1 saturated carbocycles. The van der Waals surface area contributed by atoms with E-state index in [-0.39, 0.29) is 11.9 Å². The molecule has 10 heteroatoms. The summed E-state index contributed by atoms with van der Waals surface area (Å²) in [6.07, 6.45) is 20.4. The molecule has 5 N–H and O–H groups in total. The van der Waals surface area contributed by atoms with Gasteiger partial charge in [-0.1, -0.05) is 32.1 Å². The molecule has 3 atom stereocenters. The number of nitrogens with one attached hydrogen (secondary N) is 3. The summed E-state index contributed by atoms with van der Waals surface area (Å²) in [6, 6.07) is 2.64. The number of rotatable bonds is 10. The van der Waals surface area contributed by atoms with Crippen LogP contribution in [0, 0.1) is 0 Å². The number of imidazole rings is 1. The second-order valence-corrected chi connectivity index (χ2v) is 11.6. The van der Waals surface area contributed by atoms with Gasteiger partial charge in [0.2, 0.25) is 11.9 Å². The molecular formula is C29H47N9O. The van der Waals surface area contributed by atoms with Gasteiger partial charge in [0, 0.05) is 62.3 Å². The van der Waals surface area contributed by atoms with Gasteiger partial charge in [0.15, 0.2) is 0 Å². The monoisotopic (exact) mass is 537 g/mol. The van der Waals surface area contributed by atoms with Crippen molar-refractivity contribution in [1.29, 1.82) is 0 Å². The van der Waals surface area contributed by atoms with E-state index in [0.29, 0.717) is 25.0 Å². The third-order valence-corrected chi connectivity index (χ3v) is 8.82. The van der Waals surface area contributed by atoms with Crippen LogP contribution in [0.2, 0.25) is 0 Å². The van der Waals surface area contributed by atoms with Crippen molar-refractivity contribution in [2.24, 2.45) is 5.73 Å². The molecule has 0 spiro atoms. The van der Waals surface area contributed by atoms with E-state index in [1.807, 2.05) is 12.3 Å². The number of piperidine rings is 1. The predicted octanol–water partition coefficient (Wildman–Crippen LogP) is 3.23. The first-order valence-electron chi connectivity index (χ1n) is 15.3. The molecule has 0 aromatic carbocycles. The second-order valence-electron chi connectivity index (χ2n) is 11.6. The van der Waals surface area contributed by atoms with Crippen LogP contribution < -0.4 is 21.3 Å². The van der Waals surface area contributed by atoms with E-state index < -0.39 is 6.04 Å². The Kier molecular flexibility index (Phi) is 10.0. The maximum absolute atomic E-state index is 12.8. The number of amides is 1. The van der Waals surface area contributed by atoms with Gasteiger partial charge in [0.25, 0.3) is 0 Å². The maximum Gasteiger partial charge on any atom is 0.237 e. The van der Waals surface area contributed by atoms with Crippen LogP contribution in [-0.4, -0.2) is 81.1 Å². The van der Waals surface area contributed by atoms with Gasteiger partial charge in [-0.2, -0.15) is 4.98 Å². The number of aromatic nitrogens is 4. The molecule has 2 aliphatic heterocycles. The topological polar surface area (TPSA) is 128 Å². The lowest BCUT2D eigenvalue weighted by Gasteiger charge is -2.47. The standard InChI is InChI=1S/C29H47N9O/c30-24(19-22-20-31-21-34-22)28(39)32-14-12-26-25(11-8-18-38(26)23-9-4-3-5-10-23)35-29-33-15-13-27(36-29)37-16-6-1-2-7-17-37/h13,15,20-21,23-26H,1-12,14,16-19,30H2,(H,31,34)(H,32,39)(H,33,35,36)/t24-,25?,26?/m1/s1. The minimum Gasteiger partial charge on any atom is -0.356 e. The van der Waals surface area contributed by atoms with E-state index >= 15 is 0 Å². The maximum atomic E-state index is 12.8. The minimum atomic E-state index is -0.588. The van der Waals surface area contributed by atoms with Crippen LogP contribution in [0.15, 0.2) is 24.8 Å². The number of likely N-dealkylation sites (tertiary alicyclic amines) is 1. The van der Waals surface area contributed by atoms with Gasteiger partial charge in [0.05, 0.1) is 12.4 Å². The highest BCUT2D eigenvalue weighted by molar-refractivity contribution is 5.81. The van der Waals surface area contributed by atoms with Crippen LogP contribution in [-0.2, 0) is 11.2 Å². The van der Waals surface area contributed by atoms with Crippen molar-refractivity contribution >= 4 is 17.7 Å². The zero-order valence-corrected chi connectivity index (χ0v) is 23.4. The van der Waals surface area contributed by atoms with Gasteiger partial charge >= 0.3 is 0 Å². The molecule has 4 heterocycles. The number of H-pyrrole nitrogens is 1. The molecular weight excluding hydrogens is 490 g/mol. The zero-order chi connectivity index (χ0) is 26.9. The summed E-state index contributed by atoms with van der Waals surface area (Å²) in [6.45, 7) is 3.87. The molecule has 2 aromatic heterocycles. The van der Waals surface area contributed by atoms with Gasteiger partial charge in [-0.15, -0.1) is 0 Å². The number of anilines is 2. The largest absolute Gasteiger partial charge is 0.356 e. The number of hydrogen-bond acceptors (Lipinski definition) is 8. The third kappa shape index (κ3) is 7.69. The van der Waals surface area contributed by atoms with Gasteiger partial charge in [-0.25, -0.2) is 9.97 Å². The first-order chi connectivity index (χ1) is 19.2. The quantitative estimate of drug-likeness (QED) is 0.364. The number of aromatic amines is 1. The van der Waals surface area contributed by atoms with Crippen LogP contribution in [0.1, 0.15) is 82.7 Å². The first kappa shape index (κ1) is 27.8. The lowest BCUT2D eigenvalue weighted by Crippen LogP contribution is -2.56. The summed E-state index contributed by atoms with van der Waals surface area (Å²) in [4.78, 5) is 34.5. The summed E-state index contributed by atoms with van der Waals surface area (Å²) >= 11 is 0. The van der Waals surface area contributed by atoms with E-state index in [4.69, 9.17) is 10.7 Å². The van der Waals surface area contributed by atoms with Crippen LogP contribution >= 0.6 is 0 Å². The average molecular weight is 538 g/mol. The van der Waals surface area contributed by atoms with Crippen molar-refractivity contribution in [2.75, 3.05) is 36.4 Å². The summed E-state index contributed by atoms with van der Waals surface area (Å²) < 4.78 is 0. The Balaban J connectivity index is 1.24. The normalized spacial score (nSPS) is 24.2. The highest BCUT2D eigenvalue weighted by Gasteiger charge is 2.36. The van der Waals surface area contributed by atoms with Crippen LogP contribution in [0.3, 0.4) is 0 Å². The van der Waals surface area contributed by atoms with Crippen molar-refractivity contribution < 1.29 is 4.79 Å². The van der Waals surface area contributed by atoms with Gasteiger partial charge in [-0.3, -0.25) is 9.69 Å². The fraction of sp³-hybridized carbons (Fsp3) is 0.724. The van der Waals surface area contributed by atoms with Crippen LogP contribution in [0.5, 0.6) is 0 Å². The van der Waals surface area contributed by atoms with Crippen molar-refractivity contribution in [3.8, 4) is 0 Å². The Bertz CT molecular complexity index is 1000. The highest BCUT2D eigenvalue weighted by atomic mass is 16.2. The number of carbonyl (C=O) groups is 1. The van der Waals surface area contributed by atoms with E-state index in [1.54, 1.807) is 12.5 Å². The molecule has 3 aliphatic rings. The fourth-order valence-electron chi connectivity index (χ4n) is 6.75. The minimum absolute atomic E-state index is 0.109. The van der Waals surface area contributed by atoms with E-state index in [2.05, 4.69) is 35.4 Å². The van der Waals surface area contributed by atoms with E-state index in [0.717, 1.165) is 56.4 Å². The Labute approximate surface area is 232 Å². The van der Waals surface area contributed by atoms with Crippen molar-refractivity contribution in [3.05, 3.63) is 30.5 Å². The van der Waals surface area contributed by atoms with Crippen LogP contribution in [0.4, 0.5) is 11.8 Å². The molecule has 0 bridgehead atoms. The molecule has 1 aliphatic carbocycles. The molecule has 214 valence electrons. The van der Waals surface area contributed by atoms with E-state index in [9.17, 15) is 4.79 Å². The molecule has 2 unspecified atom stereocenters. The predicted molar refractivity (Wildman–Crippen MR) is 155 cm³/mol. The summed E-state index contributed by atoms with van der Waals surface area (Å²) in [5.74, 6) is 1.65. The highest BCUT2D eigenvalue weighted by Crippen LogP contribution is 2.31. The zero-order valence-electron chi connectivity index (χ0n) is 23.4. The summed E-state index contributed by atoms with van der Waals surface area (Å²) in [5, 5.41) is 6.86. The molecule has 2 aromatic rings. The Hall–Kier alpha value is -2.72. The Morgan fingerprint density at radius 1 is 1.05 bits per heavy atom. The lowest BCUT2D eigenvalue weighted by atomic mass is 9.87. The molecule has 10 nitrogen and oxygen atoms in total. The summed E-state index contributed by atoms with van der Waals surface area (Å²) in [5.41, 5.74) is 7.06. The average Bonchev–Trinajstić information content (AvgIpc) is 3.32. The lowest BCUT2D eigenvalue weighted by molar-refractivity contribution is -0.122. The molecule has 3 fully saturated rings. The number of nitrogens with two attached hydrogens (primary N) is 1.